The molecular weight excluding hydrogens is 370 g/mol. The number of ether oxygens (including phenoxy) is 1. The highest BCUT2D eigenvalue weighted by Crippen LogP contribution is 2.45. The Bertz CT molecular complexity index is 1020. The zero-order valence-electron chi connectivity index (χ0n) is 16.3. The molecule has 1 aromatic carbocycles. The van der Waals surface area contributed by atoms with Gasteiger partial charge in [-0.3, -0.25) is 9.69 Å². The highest BCUT2D eigenvalue weighted by Gasteiger charge is 2.45. The quantitative estimate of drug-likeness (QED) is 0.717. The molecule has 1 spiro atoms. The van der Waals surface area contributed by atoms with Crippen molar-refractivity contribution in [3.8, 4) is 5.75 Å². The summed E-state index contributed by atoms with van der Waals surface area (Å²) in [7, 11) is 3.95. The Morgan fingerprint density at radius 3 is 2.75 bits per heavy atom. The third-order valence-corrected chi connectivity index (χ3v) is 7.47. The topological polar surface area (TPSA) is 48.6 Å². The summed E-state index contributed by atoms with van der Waals surface area (Å²) in [6, 6.07) is 10.2. The van der Waals surface area contributed by atoms with Gasteiger partial charge in [0.2, 0.25) is 0 Å². The number of nitrogens with one attached hydrogen (secondary N) is 1. The molecule has 0 atom stereocenters. The molecule has 0 bridgehead atoms. The van der Waals surface area contributed by atoms with Crippen LogP contribution in [0, 0.1) is 0 Å². The Morgan fingerprint density at radius 1 is 1.21 bits per heavy atom. The third kappa shape index (κ3) is 2.58. The van der Waals surface area contributed by atoms with Gasteiger partial charge in [0, 0.05) is 36.2 Å². The molecule has 4 heterocycles. The van der Waals surface area contributed by atoms with Gasteiger partial charge in [0.15, 0.2) is 0 Å². The van der Waals surface area contributed by atoms with E-state index in [9.17, 15) is 4.79 Å². The maximum Gasteiger partial charge on any atom is 0.263 e. The van der Waals surface area contributed by atoms with E-state index in [0.717, 1.165) is 49.5 Å². The van der Waals surface area contributed by atoms with Crippen molar-refractivity contribution in [1.29, 1.82) is 0 Å². The van der Waals surface area contributed by atoms with Gasteiger partial charge in [-0.1, -0.05) is 6.07 Å². The van der Waals surface area contributed by atoms with E-state index in [1.54, 1.807) is 7.11 Å². The van der Waals surface area contributed by atoms with Gasteiger partial charge in [0.1, 0.15) is 5.75 Å². The van der Waals surface area contributed by atoms with E-state index in [0.29, 0.717) is 0 Å². The van der Waals surface area contributed by atoms with Crippen molar-refractivity contribution in [2.45, 2.75) is 24.8 Å². The second kappa shape index (κ2) is 6.64. The van der Waals surface area contributed by atoms with Gasteiger partial charge in [0.25, 0.3) is 5.91 Å². The lowest BCUT2D eigenvalue weighted by Crippen LogP contribution is -2.55. The van der Waals surface area contributed by atoms with Crippen LogP contribution in [0.3, 0.4) is 0 Å². The van der Waals surface area contributed by atoms with Crippen LogP contribution in [0.25, 0.3) is 10.9 Å². The van der Waals surface area contributed by atoms with Gasteiger partial charge in [-0.2, -0.15) is 0 Å². The van der Waals surface area contributed by atoms with Crippen LogP contribution in [0.2, 0.25) is 0 Å². The molecule has 28 heavy (non-hydrogen) atoms. The maximum atomic E-state index is 12.8. The number of carbonyl (C=O) groups is 1. The van der Waals surface area contributed by atoms with Crippen molar-refractivity contribution in [2.24, 2.45) is 0 Å². The minimum absolute atomic E-state index is 0.0218. The number of fused-ring (bicyclic) bond motifs is 4. The largest absolute Gasteiger partial charge is 0.497 e. The van der Waals surface area contributed by atoms with Gasteiger partial charge >= 0.3 is 0 Å². The summed E-state index contributed by atoms with van der Waals surface area (Å²) in [6.45, 7) is 2.62. The molecule has 1 amide bonds. The monoisotopic (exact) mass is 395 g/mol. The zero-order chi connectivity index (χ0) is 19.3. The number of aromatic nitrogens is 1. The first kappa shape index (κ1) is 17.8. The lowest BCUT2D eigenvalue weighted by atomic mass is 9.78. The Kier molecular flexibility index (Phi) is 4.21. The number of thiophene rings is 1. The molecule has 1 fully saturated rings. The predicted molar refractivity (Wildman–Crippen MR) is 112 cm³/mol. The average molecular weight is 396 g/mol. The molecule has 0 unspecified atom stereocenters. The molecule has 1 N–H and O–H groups in total. The van der Waals surface area contributed by atoms with Crippen LogP contribution in [-0.4, -0.2) is 54.5 Å². The van der Waals surface area contributed by atoms with Crippen LogP contribution >= 0.6 is 11.3 Å². The molecule has 6 heteroatoms. The molecule has 2 aromatic heterocycles. The first-order chi connectivity index (χ1) is 13.6. The number of piperidine rings is 1. The number of carbonyl (C=O) groups excluding carboxylic acids is 1. The van der Waals surface area contributed by atoms with E-state index in [1.807, 2.05) is 28.5 Å². The van der Waals surface area contributed by atoms with Crippen LogP contribution in [-0.2, 0) is 12.0 Å². The molecular formula is C22H25N3O2S. The van der Waals surface area contributed by atoms with Gasteiger partial charge in [-0.05, 0) is 61.5 Å². The first-order valence-electron chi connectivity index (χ1n) is 9.85. The molecule has 0 saturated carbocycles. The summed E-state index contributed by atoms with van der Waals surface area (Å²) < 4.78 is 5.45. The smallest absolute Gasteiger partial charge is 0.263 e. The lowest BCUT2D eigenvalue weighted by Gasteiger charge is -2.49. The molecule has 0 aliphatic carbocycles. The second-order valence-corrected chi connectivity index (χ2v) is 8.81. The van der Waals surface area contributed by atoms with Crippen molar-refractivity contribution >= 4 is 28.1 Å². The van der Waals surface area contributed by atoms with Gasteiger partial charge in [-0.15, -0.1) is 11.3 Å². The number of H-pyrrole nitrogens is 1. The molecule has 1 saturated heterocycles. The Labute approximate surface area is 168 Å². The van der Waals surface area contributed by atoms with Gasteiger partial charge in [-0.25, -0.2) is 0 Å². The van der Waals surface area contributed by atoms with Crippen LogP contribution in [0.15, 0.2) is 35.7 Å². The maximum absolute atomic E-state index is 12.8. The molecule has 5 rings (SSSR count). The third-order valence-electron chi connectivity index (χ3n) is 6.62. The van der Waals surface area contributed by atoms with Crippen molar-refractivity contribution in [1.82, 2.24) is 14.8 Å². The Morgan fingerprint density at radius 2 is 2.04 bits per heavy atom. The SMILES string of the molecule is COc1ccc2[nH]c3c(c2c1)CCN(C)C31CCN(C(=O)c2cccs2)CC1. The van der Waals surface area contributed by atoms with Crippen molar-refractivity contribution < 1.29 is 9.53 Å². The number of rotatable bonds is 2. The number of benzene rings is 1. The number of amides is 1. The number of methoxy groups -OCH3 is 1. The number of likely N-dealkylation sites (tertiary alicyclic amines) is 1. The summed E-state index contributed by atoms with van der Waals surface area (Å²) in [5, 5.41) is 3.25. The minimum Gasteiger partial charge on any atom is -0.497 e. The van der Waals surface area contributed by atoms with E-state index < -0.39 is 0 Å². The summed E-state index contributed by atoms with van der Waals surface area (Å²) in [5.41, 5.74) is 3.92. The summed E-state index contributed by atoms with van der Waals surface area (Å²) in [5.74, 6) is 1.07. The van der Waals surface area contributed by atoms with Gasteiger partial charge < -0.3 is 14.6 Å². The van der Waals surface area contributed by atoms with Crippen LogP contribution in [0.4, 0.5) is 0 Å². The fourth-order valence-corrected chi connectivity index (χ4v) is 5.65. The zero-order valence-corrected chi connectivity index (χ0v) is 17.1. The number of nitrogens with zero attached hydrogens (tertiary/aromatic N) is 2. The molecule has 146 valence electrons. The van der Waals surface area contributed by atoms with Crippen LogP contribution in [0.1, 0.15) is 33.8 Å². The molecule has 5 nitrogen and oxygen atoms in total. The minimum atomic E-state index is -0.0218. The number of hydrogen-bond donors (Lipinski definition) is 1. The highest BCUT2D eigenvalue weighted by atomic mass is 32.1. The van der Waals surface area contributed by atoms with Gasteiger partial charge in [0.05, 0.1) is 17.5 Å². The van der Waals surface area contributed by atoms with Crippen LogP contribution in [0.5, 0.6) is 5.75 Å². The molecule has 3 aromatic rings. The average Bonchev–Trinajstić information content (AvgIpc) is 3.39. The fraction of sp³-hybridized carbons (Fsp3) is 0.409. The normalized spacial score (nSPS) is 19.1. The highest BCUT2D eigenvalue weighted by molar-refractivity contribution is 7.12. The first-order valence-corrected chi connectivity index (χ1v) is 10.7. The second-order valence-electron chi connectivity index (χ2n) is 7.86. The predicted octanol–water partition coefficient (Wildman–Crippen LogP) is 3.86. The Hall–Kier alpha value is -2.31. The number of aromatic amines is 1. The van der Waals surface area contributed by atoms with E-state index in [1.165, 1.54) is 33.5 Å². The van der Waals surface area contributed by atoms with E-state index in [4.69, 9.17) is 4.74 Å². The molecule has 2 aliphatic heterocycles. The summed E-state index contributed by atoms with van der Waals surface area (Å²) in [6.07, 6.45) is 2.95. The van der Waals surface area contributed by atoms with Crippen molar-refractivity contribution in [3.05, 3.63) is 51.8 Å². The molecule has 2 aliphatic rings. The number of likely N-dealkylation sites (N-methyl/N-ethyl adjacent to an activating group) is 1. The van der Waals surface area contributed by atoms with Crippen molar-refractivity contribution in [3.63, 3.8) is 0 Å². The van der Waals surface area contributed by atoms with E-state index >= 15 is 0 Å². The lowest BCUT2D eigenvalue weighted by molar-refractivity contribution is 0.0234. The Balaban J connectivity index is 1.48. The van der Waals surface area contributed by atoms with E-state index in [-0.39, 0.29) is 11.4 Å². The standard InChI is InChI=1S/C22H25N3O2S/c1-24-10-7-16-17-14-15(27-2)5-6-18(17)23-20(16)22(24)8-11-25(12-9-22)21(26)19-4-3-13-28-19/h3-6,13-14,23H,7-12H2,1-2H3. The summed E-state index contributed by atoms with van der Waals surface area (Å²) >= 11 is 1.53. The summed E-state index contributed by atoms with van der Waals surface area (Å²) in [4.78, 5) is 21.9. The molecule has 0 radical (unpaired) electrons. The van der Waals surface area contributed by atoms with E-state index in [2.05, 4.69) is 29.1 Å². The number of hydrogen-bond acceptors (Lipinski definition) is 4. The van der Waals surface area contributed by atoms with Crippen LogP contribution < -0.4 is 4.74 Å². The fourth-order valence-electron chi connectivity index (χ4n) is 4.96. The van der Waals surface area contributed by atoms with Crippen molar-refractivity contribution in [2.75, 3.05) is 33.8 Å².